The fourth-order valence-electron chi connectivity index (χ4n) is 2.90. The molecule has 0 saturated heterocycles. The maximum absolute atomic E-state index is 13.0. The SMILES string of the molecule is Cc1ccc2nc3c(cc(C#N)c(=O)n3-c3ccccc3Br)c(=O)n2c1. The molecule has 26 heavy (non-hydrogen) atoms. The highest BCUT2D eigenvalue weighted by Gasteiger charge is 2.17. The summed E-state index contributed by atoms with van der Waals surface area (Å²) in [4.78, 5) is 30.3. The van der Waals surface area contributed by atoms with Gasteiger partial charge >= 0.3 is 0 Å². The van der Waals surface area contributed by atoms with Crippen LogP contribution >= 0.6 is 15.9 Å². The zero-order valence-corrected chi connectivity index (χ0v) is 15.2. The Morgan fingerprint density at radius 3 is 2.62 bits per heavy atom. The van der Waals surface area contributed by atoms with Gasteiger partial charge in [0.1, 0.15) is 17.3 Å². The number of hydrogen-bond donors (Lipinski definition) is 0. The van der Waals surface area contributed by atoms with E-state index in [0.29, 0.717) is 15.8 Å². The lowest BCUT2D eigenvalue weighted by molar-refractivity contribution is 0.976. The molecule has 0 amide bonds. The minimum atomic E-state index is -0.518. The first-order chi connectivity index (χ1) is 12.5. The Morgan fingerprint density at radius 2 is 1.88 bits per heavy atom. The van der Waals surface area contributed by atoms with E-state index in [0.717, 1.165) is 5.56 Å². The van der Waals surface area contributed by atoms with Gasteiger partial charge < -0.3 is 0 Å². The molecule has 0 fully saturated rings. The zero-order chi connectivity index (χ0) is 18.4. The van der Waals surface area contributed by atoms with Crippen molar-refractivity contribution in [2.45, 2.75) is 6.92 Å². The number of hydrogen-bond acceptors (Lipinski definition) is 4. The van der Waals surface area contributed by atoms with Crippen molar-refractivity contribution in [1.82, 2.24) is 14.0 Å². The summed E-state index contributed by atoms with van der Waals surface area (Å²) >= 11 is 3.42. The number of pyridine rings is 2. The van der Waals surface area contributed by atoms with Gasteiger partial charge in [0.05, 0.1) is 11.1 Å². The molecule has 0 unspecified atom stereocenters. The van der Waals surface area contributed by atoms with Crippen LogP contribution in [0.5, 0.6) is 0 Å². The van der Waals surface area contributed by atoms with E-state index in [1.807, 2.05) is 25.1 Å². The highest BCUT2D eigenvalue weighted by atomic mass is 79.9. The Labute approximate surface area is 155 Å². The Kier molecular flexibility index (Phi) is 3.71. The van der Waals surface area contributed by atoms with E-state index >= 15 is 0 Å². The van der Waals surface area contributed by atoms with E-state index < -0.39 is 5.56 Å². The molecule has 0 spiro atoms. The summed E-state index contributed by atoms with van der Waals surface area (Å²) in [5.41, 5.74) is 1.11. The first-order valence-electron chi connectivity index (χ1n) is 7.75. The molecule has 3 heterocycles. The van der Waals surface area contributed by atoms with Crippen molar-refractivity contribution in [2.24, 2.45) is 0 Å². The summed E-state index contributed by atoms with van der Waals surface area (Å²) in [6.45, 7) is 1.87. The van der Waals surface area contributed by atoms with Crippen LogP contribution in [0.15, 0.2) is 62.7 Å². The highest BCUT2D eigenvalue weighted by molar-refractivity contribution is 9.10. The second kappa shape index (κ2) is 5.93. The van der Waals surface area contributed by atoms with Crippen LogP contribution < -0.4 is 11.1 Å². The van der Waals surface area contributed by atoms with E-state index in [-0.39, 0.29) is 22.2 Å². The van der Waals surface area contributed by atoms with Gasteiger partial charge in [0.2, 0.25) is 0 Å². The van der Waals surface area contributed by atoms with Crippen molar-refractivity contribution in [3.8, 4) is 11.8 Å². The summed E-state index contributed by atoms with van der Waals surface area (Å²) in [5.74, 6) is 0. The average Bonchev–Trinajstić information content (AvgIpc) is 2.63. The Balaban J connectivity index is 2.30. The molecule has 0 N–H and O–H groups in total. The minimum Gasteiger partial charge on any atom is -0.268 e. The number of rotatable bonds is 1. The number of aryl methyl sites for hydroxylation is 1. The normalized spacial score (nSPS) is 11.0. The van der Waals surface area contributed by atoms with Crippen LogP contribution in [-0.4, -0.2) is 14.0 Å². The number of para-hydroxylation sites is 1. The molecule has 0 radical (unpaired) electrons. The molecule has 0 bridgehead atoms. The van der Waals surface area contributed by atoms with Crippen LogP contribution in [0.2, 0.25) is 0 Å². The number of benzene rings is 1. The maximum Gasteiger partial charge on any atom is 0.274 e. The van der Waals surface area contributed by atoms with E-state index in [9.17, 15) is 14.9 Å². The highest BCUT2D eigenvalue weighted by Crippen LogP contribution is 2.22. The van der Waals surface area contributed by atoms with Crippen molar-refractivity contribution in [2.75, 3.05) is 0 Å². The second-order valence-corrected chi connectivity index (χ2v) is 6.71. The lowest BCUT2D eigenvalue weighted by atomic mass is 10.2. The molecule has 126 valence electrons. The van der Waals surface area contributed by atoms with Crippen molar-refractivity contribution in [3.63, 3.8) is 0 Å². The van der Waals surface area contributed by atoms with Gasteiger partial charge in [0.15, 0.2) is 5.65 Å². The number of aromatic nitrogens is 3. The predicted molar refractivity (Wildman–Crippen MR) is 102 cm³/mol. The molecule has 4 aromatic rings. The van der Waals surface area contributed by atoms with Crippen molar-refractivity contribution in [3.05, 3.63) is 85.0 Å². The molecular formula is C19H11BrN4O2. The summed E-state index contributed by atoms with van der Waals surface area (Å²) in [5, 5.41) is 9.57. The van der Waals surface area contributed by atoms with E-state index in [4.69, 9.17) is 0 Å². The van der Waals surface area contributed by atoms with Gasteiger partial charge in [-0.25, -0.2) is 4.98 Å². The lowest BCUT2D eigenvalue weighted by Crippen LogP contribution is -2.26. The molecule has 6 nitrogen and oxygen atoms in total. The summed E-state index contributed by atoms with van der Waals surface area (Å²) in [7, 11) is 0. The molecule has 0 aliphatic rings. The molecule has 0 saturated carbocycles. The summed E-state index contributed by atoms with van der Waals surface area (Å²) in [6.07, 6.45) is 1.68. The quantitative estimate of drug-likeness (QED) is 0.455. The third-order valence-electron chi connectivity index (χ3n) is 4.13. The van der Waals surface area contributed by atoms with Crippen LogP contribution in [0.25, 0.3) is 22.4 Å². The first kappa shape index (κ1) is 16.2. The van der Waals surface area contributed by atoms with Crippen molar-refractivity contribution in [1.29, 1.82) is 5.26 Å². The maximum atomic E-state index is 13.0. The van der Waals surface area contributed by atoms with E-state index in [1.165, 1.54) is 15.0 Å². The molecule has 0 aliphatic heterocycles. The third-order valence-corrected chi connectivity index (χ3v) is 4.80. The van der Waals surface area contributed by atoms with E-state index in [1.54, 1.807) is 30.5 Å². The molecule has 4 rings (SSSR count). The van der Waals surface area contributed by atoms with Gasteiger partial charge in [0.25, 0.3) is 11.1 Å². The average molecular weight is 407 g/mol. The minimum absolute atomic E-state index is 0.111. The largest absolute Gasteiger partial charge is 0.274 e. The van der Waals surface area contributed by atoms with E-state index in [2.05, 4.69) is 20.9 Å². The van der Waals surface area contributed by atoms with Gasteiger partial charge in [-0.05, 0) is 52.7 Å². The van der Waals surface area contributed by atoms with Gasteiger partial charge in [-0.1, -0.05) is 18.2 Å². The zero-order valence-electron chi connectivity index (χ0n) is 13.6. The number of halogens is 1. The van der Waals surface area contributed by atoms with Gasteiger partial charge in [0, 0.05) is 10.7 Å². The van der Waals surface area contributed by atoms with Crippen LogP contribution in [0, 0.1) is 18.3 Å². The van der Waals surface area contributed by atoms with Crippen molar-refractivity contribution >= 4 is 32.6 Å². The molecular weight excluding hydrogens is 396 g/mol. The standard InChI is InChI=1S/C19H11BrN4O2/c1-11-6-7-16-22-17-13(19(26)23(16)10-11)8-12(9-21)18(25)24(17)15-5-3-2-4-14(15)20/h2-8,10H,1H3. The fourth-order valence-corrected chi connectivity index (χ4v) is 3.37. The number of nitriles is 1. The molecule has 1 aromatic carbocycles. The smallest absolute Gasteiger partial charge is 0.268 e. The van der Waals surface area contributed by atoms with Crippen molar-refractivity contribution < 1.29 is 0 Å². The van der Waals surface area contributed by atoms with Crippen LogP contribution in [0.4, 0.5) is 0 Å². The molecule has 0 atom stereocenters. The second-order valence-electron chi connectivity index (χ2n) is 5.85. The number of nitrogens with zero attached hydrogens (tertiary/aromatic N) is 4. The lowest BCUT2D eigenvalue weighted by Gasteiger charge is -2.13. The topological polar surface area (TPSA) is 80.2 Å². The number of fused-ring (bicyclic) bond motifs is 2. The third kappa shape index (κ3) is 2.35. The molecule has 0 aliphatic carbocycles. The van der Waals surface area contributed by atoms with Crippen LogP contribution in [-0.2, 0) is 0 Å². The Bertz CT molecular complexity index is 1360. The van der Waals surface area contributed by atoms with Crippen LogP contribution in [0.1, 0.15) is 11.1 Å². The monoisotopic (exact) mass is 406 g/mol. The summed E-state index contributed by atoms with van der Waals surface area (Å²) in [6, 6.07) is 13.9. The summed E-state index contributed by atoms with van der Waals surface area (Å²) < 4.78 is 3.39. The van der Waals surface area contributed by atoms with Crippen LogP contribution in [0.3, 0.4) is 0 Å². The first-order valence-corrected chi connectivity index (χ1v) is 8.54. The predicted octanol–water partition coefficient (Wildman–Crippen LogP) is 2.94. The Hall–Kier alpha value is -3.24. The molecule has 7 heteroatoms. The molecule has 3 aromatic heterocycles. The van der Waals surface area contributed by atoms with Gasteiger partial charge in [-0.3, -0.25) is 18.6 Å². The van der Waals surface area contributed by atoms with Gasteiger partial charge in [-0.2, -0.15) is 5.26 Å². The Morgan fingerprint density at radius 1 is 1.12 bits per heavy atom. The van der Waals surface area contributed by atoms with Gasteiger partial charge in [-0.15, -0.1) is 0 Å². The fraction of sp³-hybridized carbons (Fsp3) is 0.0526.